The number of hydrogen-bond acceptors (Lipinski definition) is 3. The summed E-state index contributed by atoms with van der Waals surface area (Å²) in [5, 5.41) is 2.73. The van der Waals surface area contributed by atoms with Gasteiger partial charge in [-0.3, -0.25) is 9.59 Å². The Bertz CT molecular complexity index is 269. The van der Waals surface area contributed by atoms with Crippen LogP contribution in [0, 0.1) is 0 Å². The molecular formula is C9H17N3O2. The molecule has 0 unspecified atom stereocenters. The van der Waals surface area contributed by atoms with Crippen molar-refractivity contribution < 1.29 is 9.59 Å². The van der Waals surface area contributed by atoms with Crippen LogP contribution >= 0.6 is 0 Å². The first-order valence-electron chi connectivity index (χ1n) is 4.65. The lowest BCUT2D eigenvalue weighted by molar-refractivity contribution is -0.125. The highest BCUT2D eigenvalue weighted by Gasteiger charge is 2.47. The van der Waals surface area contributed by atoms with Crippen LogP contribution < -0.4 is 16.8 Å². The molecule has 0 heterocycles. The molecule has 0 atom stereocenters. The third-order valence-corrected chi connectivity index (χ3v) is 2.31. The van der Waals surface area contributed by atoms with Gasteiger partial charge in [-0.05, 0) is 26.7 Å². The van der Waals surface area contributed by atoms with Crippen molar-refractivity contribution in [1.82, 2.24) is 5.32 Å². The Morgan fingerprint density at radius 3 is 2.29 bits per heavy atom. The standard InChI is InChI=1S/C9H17N3O2/c1-8(2,5-6(10)13)12-7(14)9(11)3-4-9/h3-5,11H2,1-2H3,(H2,10,13)(H,12,14). The van der Waals surface area contributed by atoms with Crippen LogP contribution in [0.15, 0.2) is 0 Å². The van der Waals surface area contributed by atoms with Crippen LogP contribution in [0.4, 0.5) is 0 Å². The van der Waals surface area contributed by atoms with E-state index >= 15 is 0 Å². The molecule has 1 saturated carbocycles. The number of nitrogens with two attached hydrogens (primary N) is 2. The van der Waals surface area contributed by atoms with Crippen LogP contribution in [0.2, 0.25) is 0 Å². The quantitative estimate of drug-likeness (QED) is 0.555. The van der Waals surface area contributed by atoms with Crippen LogP contribution in [0.5, 0.6) is 0 Å². The maximum absolute atomic E-state index is 11.5. The number of carbonyl (C=O) groups is 2. The minimum absolute atomic E-state index is 0.120. The summed E-state index contributed by atoms with van der Waals surface area (Å²) in [7, 11) is 0. The molecule has 0 bridgehead atoms. The molecule has 1 aliphatic carbocycles. The maximum Gasteiger partial charge on any atom is 0.240 e. The van der Waals surface area contributed by atoms with E-state index in [4.69, 9.17) is 11.5 Å². The van der Waals surface area contributed by atoms with E-state index in [0.717, 1.165) is 0 Å². The summed E-state index contributed by atoms with van der Waals surface area (Å²) in [5.74, 6) is -0.624. The molecular weight excluding hydrogens is 182 g/mol. The summed E-state index contributed by atoms with van der Waals surface area (Å²) in [6.07, 6.45) is 1.55. The van der Waals surface area contributed by atoms with Gasteiger partial charge in [0.25, 0.3) is 0 Å². The van der Waals surface area contributed by atoms with E-state index in [2.05, 4.69) is 5.32 Å². The molecule has 80 valence electrons. The zero-order valence-electron chi connectivity index (χ0n) is 8.59. The lowest BCUT2D eigenvalue weighted by atomic mass is 9.99. The van der Waals surface area contributed by atoms with Crippen LogP contribution in [-0.2, 0) is 9.59 Å². The van der Waals surface area contributed by atoms with Crippen molar-refractivity contribution in [2.45, 2.75) is 44.2 Å². The van der Waals surface area contributed by atoms with Crippen molar-refractivity contribution in [3.8, 4) is 0 Å². The Morgan fingerprint density at radius 2 is 1.93 bits per heavy atom. The van der Waals surface area contributed by atoms with Gasteiger partial charge in [0.15, 0.2) is 0 Å². The number of nitrogens with one attached hydrogen (secondary N) is 1. The van der Waals surface area contributed by atoms with Crippen LogP contribution in [0.25, 0.3) is 0 Å². The molecule has 0 aromatic carbocycles. The molecule has 0 aliphatic heterocycles. The Morgan fingerprint density at radius 1 is 1.43 bits per heavy atom. The zero-order valence-corrected chi connectivity index (χ0v) is 8.59. The summed E-state index contributed by atoms with van der Waals surface area (Å²) < 4.78 is 0. The Balaban J connectivity index is 2.49. The van der Waals surface area contributed by atoms with E-state index in [1.54, 1.807) is 13.8 Å². The number of amides is 2. The summed E-state index contributed by atoms with van der Waals surface area (Å²) in [4.78, 5) is 22.2. The number of rotatable bonds is 4. The molecule has 5 heteroatoms. The Labute approximate surface area is 83.2 Å². The van der Waals surface area contributed by atoms with Gasteiger partial charge in [0.1, 0.15) is 0 Å². The van der Waals surface area contributed by atoms with Crippen molar-refractivity contribution in [2.24, 2.45) is 11.5 Å². The van der Waals surface area contributed by atoms with Gasteiger partial charge < -0.3 is 16.8 Å². The van der Waals surface area contributed by atoms with Crippen molar-refractivity contribution in [1.29, 1.82) is 0 Å². The predicted octanol–water partition coefficient (Wildman–Crippen LogP) is -0.752. The van der Waals surface area contributed by atoms with Crippen molar-refractivity contribution in [3.05, 3.63) is 0 Å². The lowest BCUT2D eigenvalue weighted by Gasteiger charge is -2.26. The second-order valence-corrected chi connectivity index (χ2v) is 4.64. The van der Waals surface area contributed by atoms with Gasteiger partial charge >= 0.3 is 0 Å². The number of carbonyl (C=O) groups excluding carboxylic acids is 2. The first-order valence-corrected chi connectivity index (χ1v) is 4.65. The van der Waals surface area contributed by atoms with Crippen molar-refractivity contribution in [3.63, 3.8) is 0 Å². The molecule has 5 nitrogen and oxygen atoms in total. The maximum atomic E-state index is 11.5. The van der Waals surface area contributed by atoms with Crippen LogP contribution in [0.1, 0.15) is 33.1 Å². The SMILES string of the molecule is CC(C)(CC(N)=O)NC(=O)C1(N)CC1. The average molecular weight is 199 g/mol. The van der Waals surface area contributed by atoms with Crippen LogP contribution in [0.3, 0.4) is 0 Å². The molecule has 0 aromatic rings. The molecule has 5 N–H and O–H groups in total. The van der Waals surface area contributed by atoms with E-state index in [9.17, 15) is 9.59 Å². The third kappa shape index (κ3) is 2.70. The molecule has 1 rings (SSSR count). The van der Waals surface area contributed by atoms with E-state index in [1.165, 1.54) is 0 Å². The minimum Gasteiger partial charge on any atom is -0.370 e. The first-order chi connectivity index (χ1) is 6.25. The Hall–Kier alpha value is -1.10. The topological polar surface area (TPSA) is 98.2 Å². The summed E-state index contributed by atoms with van der Waals surface area (Å²) in [6.45, 7) is 3.50. The molecule has 0 radical (unpaired) electrons. The van der Waals surface area contributed by atoms with Crippen molar-refractivity contribution in [2.75, 3.05) is 0 Å². The third-order valence-electron chi connectivity index (χ3n) is 2.31. The van der Waals surface area contributed by atoms with Gasteiger partial charge in [-0.25, -0.2) is 0 Å². The highest BCUT2D eigenvalue weighted by Crippen LogP contribution is 2.32. The van der Waals surface area contributed by atoms with Gasteiger partial charge in [-0.1, -0.05) is 0 Å². The second kappa shape index (κ2) is 3.24. The first kappa shape index (κ1) is 11.0. The highest BCUT2D eigenvalue weighted by molar-refractivity contribution is 5.90. The zero-order chi connectivity index (χ0) is 11.0. The van der Waals surface area contributed by atoms with E-state index < -0.39 is 17.0 Å². The fourth-order valence-corrected chi connectivity index (χ4v) is 1.27. The monoisotopic (exact) mass is 199 g/mol. The number of primary amides is 1. The molecule has 0 aromatic heterocycles. The van der Waals surface area contributed by atoms with Gasteiger partial charge in [0.05, 0.1) is 5.54 Å². The lowest BCUT2D eigenvalue weighted by Crippen LogP contribution is -2.53. The largest absolute Gasteiger partial charge is 0.370 e. The summed E-state index contributed by atoms with van der Waals surface area (Å²) >= 11 is 0. The minimum atomic E-state index is -0.699. The van der Waals surface area contributed by atoms with Gasteiger partial charge in [-0.2, -0.15) is 0 Å². The fraction of sp³-hybridized carbons (Fsp3) is 0.778. The van der Waals surface area contributed by atoms with Crippen LogP contribution in [-0.4, -0.2) is 22.9 Å². The van der Waals surface area contributed by atoms with E-state index in [0.29, 0.717) is 12.8 Å². The van der Waals surface area contributed by atoms with Gasteiger partial charge in [0, 0.05) is 12.0 Å². The molecule has 1 fully saturated rings. The highest BCUT2D eigenvalue weighted by atomic mass is 16.2. The fourth-order valence-electron chi connectivity index (χ4n) is 1.27. The van der Waals surface area contributed by atoms with E-state index in [-0.39, 0.29) is 12.3 Å². The summed E-state index contributed by atoms with van der Waals surface area (Å²) in [6, 6.07) is 0. The van der Waals surface area contributed by atoms with Gasteiger partial charge in [-0.15, -0.1) is 0 Å². The normalized spacial score (nSPS) is 18.8. The number of hydrogen-bond donors (Lipinski definition) is 3. The summed E-state index contributed by atoms with van der Waals surface area (Å²) in [5.41, 5.74) is 9.44. The molecule has 0 spiro atoms. The molecule has 1 aliphatic rings. The molecule has 14 heavy (non-hydrogen) atoms. The van der Waals surface area contributed by atoms with E-state index in [1.807, 2.05) is 0 Å². The second-order valence-electron chi connectivity index (χ2n) is 4.64. The Kier molecular flexibility index (Phi) is 2.54. The smallest absolute Gasteiger partial charge is 0.240 e. The average Bonchev–Trinajstić information content (AvgIpc) is 2.64. The predicted molar refractivity (Wildman–Crippen MR) is 52.2 cm³/mol. The molecule has 0 saturated heterocycles. The van der Waals surface area contributed by atoms with Gasteiger partial charge in [0.2, 0.25) is 11.8 Å². The van der Waals surface area contributed by atoms with Crippen molar-refractivity contribution >= 4 is 11.8 Å². The molecule has 2 amide bonds.